The Morgan fingerprint density at radius 3 is 2.76 bits per heavy atom. The Hall–Kier alpha value is -2.11. The molecule has 0 aliphatic carbocycles. The zero-order valence-electron chi connectivity index (χ0n) is 14.4. The van der Waals surface area contributed by atoms with E-state index in [1.807, 2.05) is 30.3 Å². The lowest BCUT2D eigenvalue weighted by Gasteiger charge is -2.14. The average Bonchev–Trinajstić information content (AvgIpc) is 3.03. The molecule has 3 aromatic rings. The van der Waals surface area contributed by atoms with Gasteiger partial charge in [-0.25, -0.2) is 0 Å². The molecule has 3 rings (SSSR count). The summed E-state index contributed by atoms with van der Waals surface area (Å²) in [6.07, 6.45) is 0. The van der Waals surface area contributed by atoms with Crippen molar-refractivity contribution in [3.63, 3.8) is 0 Å². The van der Waals surface area contributed by atoms with Crippen LogP contribution in [-0.4, -0.2) is 24.4 Å². The van der Waals surface area contributed by atoms with Gasteiger partial charge in [-0.3, -0.25) is 4.79 Å². The monoisotopic (exact) mass is 400 g/mol. The van der Waals surface area contributed by atoms with Crippen LogP contribution in [0.4, 0.5) is 0 Å². The van der Waals surface area contributed by atoms with Gasteiger partial charge in [0.25, 0.3) is 5.91 Å². The van der Waals surface area contributed by atoms with Gasteiger partial charge in [0.2, 0.25) is 0 Å². The molecule has 0 saturated carbocycles. The molecule has 0 aliphatic heterocycles. The summed E-state index contributed by atoms with van der Waals surface area (Å²) in [6.45, 7) is 4.51. The molecule has 1 N–H and O–H groups in total. The number of furan rings is 1. The third-order valence-corrected chi connectivity index (χ3v) is 4.63. The third kappa shape index (κ3) is 4.50. The molecule has 0 saturated heterocycles. The van der Waals surface area contributed by atoms with Gasteiger partial charge in [0.1, 0.15) is 5.58 Å². The van der Waals surface area contributed by atoms with Crippen molar-refractivity contribution in [1.82, 2.24) is 10.2 Å². The second-order valence-corrected chi connectivity index (χ2v) is 7.04. The van der Waals surface area contributed by atoms with Crippen molar-refractivity contribution in [2.24, 2.45) is 0 Å². The van der Waals surface area contributed by atoms with Crippen LogP contribution >= 0.6 is 15.9 Å². The van der Waals surface area contributed by atoms with E-state index in [-0.39, 0.29) is 5.91 Å². The van der Waals surface area contributed by atoms with Crippen LogP contribution in [0.15, 0.2) is 57.4 Å². The zero-order chi connectivity index (χ0) is 17.8. The van der Waals surface area contributed by atoms with Crippen molar-refractivity contribution in [3.05, 3.63) is 69.9 Å². The van der Waals surface area contributed by atoms with Gasteiger partial charge in [-0.2, -0.15) is 0 Å². The summed E-state index contributed by atoms with van der Waals surface area (Å²) in [5.74, 6) is 0.123. The highest BCUT2D eigenvalue weighted by atomic mass is 79.9. The van der Waals surface area contributed by atoms with Gasteiger partial charge in [-0.1, -0.05) is 47.1 Å². The third-order valence-electron chi connectivity index (χ3n) is 4.14. The van der Waals surface area contributed by atoms with E-state index < -0.39 is 0 Å². The fraction of sp³-hybridized carbons (Fsp3) is 0.250. The summed E-state index contributed by atoms with van der Waals surface area (Å²) in [7, 11) is 2.09. The summed E-state index contributed by atoms with van der Waals surface area (Å²) in [6, 6.07) is 15.7. The molecular weight excluding hydrogens is 380 g/mol. The van der Waals surface area contributed by atoms with Crippen molar-refractivity contribution in [3.8, 4) is 0 Å². The number of carbonyl (C=O) groups excluding carboxylic acids is 1. The van der Waals surface area contributed by atoms with Crippen LogP contribution in [0.25, 0.3) is 11.0 Å². The van der Waals surface area contributed by atoms with Gasteiger partial charge < -0.3 is 14.6 Å². The van der Waals surface area contributed by atoms with Crippen LogP contribution in [-0.2, 0) is 13.1 Å². The maximum Gasteiger partial charge on any atom is 0.287 e. The molecule has 1 amide bonds. The summed E-state index contributed by atoms with van der Waals surface area (Å²) in [4.78, 5) is 14.6. The number of carbonyl (C=O) groups is 1. The largest absolute Gasteiger partial charge is 0.451 e. The Balaban J connectivity index is 1.66. The Bertz CT molecular complexity index is 888. The molecule has 0 atom stereocenters. The SMILES string of the molecule is CCN(C)Cc1cccc(CNC(=O)c2cc3cc(Br)ccc3o2)c1. The number of rotatable bonds is 6. The Morgan fingerprint density at radius 1 is 1.16 bits per heavy atom. The molecule has 0 unspecified atom stereocenters. The maximum absolute atomic E-state index is 12.4. The first-order valence-corrected chi connectivity index (χ1v) is 9.08. The van der Waals surface area contributed by atoms with Gasteiger partial charge in [0.15, 0.2) is 5.76 Å². The zero-order valence-corrected chi connectivity index (χ0v) is 16.0. The van der Waals surface area contributed by atoms with Crippen molar-refractivity contribution in [2.45, 2.75) is 20.0 Å². The Morgan fingerprint density at radius 2 is 1.96 bits per heavy atom. The second kappa shape index (κ2) is 7.85. The van der Waals surface area contributed by atoms with Crippen LogP contribution in [0.3, 0.4) is 0 Å². The molecule has 4 nitrogen and oxygen atoms in total. The number of amides is 1. The molecular formula is C20H21BrN2O2. The van der Waals surface area contributed by atoms with Crippen molar-refractivity contribution >= 4 is 32.8 Å². The summed E-state index contributed by atoms with van der Waals surface area (Å²) >= 11 is 3.42. The highest BCUT2D eigenvalue weighted by Crippen LogP contribution is 2.23. The number of nitrogens with zero attached hydrogens (tertiary/aromatic N) is 1. The van der Waals surface area contributed by atoms with Crippen LogP contribution < -0.4 is 5.32 Å². The van der Waals surface area contributed by atoms with Crippen LogP contribution in [0.5, 0.6) is 0 Å². The number of fused-ring (bicyclic) bond motifs is 1. The van der Waals surface area contributed by atoms with E-state index in [4.69, 9.17) is 4.42 Å². The fourth-order valence-corrected chi connectivity index (χ4v) is 3.04. The number of halogens is 1. The van der Waals surface area contributed by atoms with Gasteiger partial charge in [0.05, 0.1) is 0 Å². The second-order valence-electron chi connectivity index (χ2n) is 6.13. The van der Waals surface area contributed by atoms with Gasteiger partial charge in [0, 0.05) is 22.9 Å². The lowest BCUT2D eigenvalue weighted by atomic mass is 10.1. The minimum Gasteiger partial charge on any atom is -0.451 e. The summed E-state index contributed by atoms with van der Waals surface area (Å²) in [5.41, 5.74) is 3.02. The van der Waals surface area contributed by atoms with E-state index in [1.54, 1.807) is 6.07 Å². The summed E-state index contributed by atoms with van der Waals surface area (Å²) in [5, 5.41) is 3.83. The van der Waals surface area contributed by atoms with E-state index in [0.29, 0.717) is 17.9 Å². The maximum atomic E-state index is 12.4. The molecule has 0 bridgehead atoms. The first-order chi connectivity index (χ1) is 12.0. The van der Waals surface area contributed by atoms with Gasteiger partial charge in [-0.15, -0.1) is 0 Å². The predicted molar refractivity (Wildman–Crippen MR) is 104 cm³/mol. The number of benzene rings is 2. The number of hydrogen-bond donors (Lipinski definition) is 1. The Kier molecular flexibility index (Phi) is 5.56. The van der Waals surface area contributed by atoms with Crippen LogP contribution in [0.2, 0.25) is 0 Å². The molecule has 0 radical (unpaired) electrons. The molecule has 1 aromatic heterocycles. The summed E-state index contributed by atoms with van der Waals surface area (Å²) < 4.78 is 6.58. The van der Waals surface area contributed by atoms with E-state index in [9.17, 15) is 4.79 Å². The molecule has 130 valence electrons. The van der Waals surface area contributed by atoms with Crippen molar-refractivity contribution in [2.75, 3.05) is 13.6 Å². The fourth-order valence-electron chi connectivity index (χ4n) is 2.66. The molecule has 5 heteroatoms. The molecule has 1 heterocycles. The molecule has 0 spiro atoms. The topological polar surface area (TPSA) is 45.5 Å². The predicted octanol–water partition coefficient (Wildman–Crippen LogP) is 4.58. The standard InChI is InChI=1S/C20H21BrN2O2/c1-3-23(2)13-15-6-4-5-14(9-15)12-22-20(24)19-11-16-10-17(21)7-8-18(16)25-19/h4-11H,3,12-13H2,1-2H3,(H,22,24). The smallest absolute Gasteiger partial charge is 0.287 e. The van der Waals surface area contributed by atoms with E-state index in [1.165, 1.54) is 5.56 Å². The minimum absolute atomic E-state index is 0.205. The first kappa shape index (κ1) is 17.7. The lowest BCUT2D eigenvalue weighted by Crippen LogP contribution is -2.22. The normalized spacial score (nSPS) is 11.2. The van der Waals surface area contributed by atoms with E-state index in [0.717, 1.165) is 28.5 Å². The highest BCUT2D eigenvalue weighted by Gasteiger charge is 2.12. The minimum atomic E-state index is -0.205. The Labute approximate surface area is 155 Å². The van der Waals surface area contributed by atoms with Gasteiger partial charge in [-0.05, 0) is 49.0 Å². The van der Waals surface area contributed by atoms with Crippen molar-refractivity contribution < 1.29 is 9.21 Å². The van der Waals surface area contributed by atoms with Crippen LogP contribution in [0, 0.1) is 0 Å². The van der Waals surface area contributed by atoms with Gasteiger partial charge >= 0.3 is 0 Å². The highest BCUT2D eigenvalue weighted by molar-refractivity contribution is 9.10. The molecule has 0 aliphatic rings. The van der Waals surface area contributed by atoms with Crippen molar-refractivity contribution in [1.29, 1.82) is 0 Å². The van der Waals surface area contributed by atoms with E-state index >= 15 is 0 Å². The average molecular weight is 401 g/mol. The lowest BCUT2D eigenvalue weighted by molar-refractivity contribution is 0.0925. The first-order valence-electron chi connectivity index (χ1n) is 8.29. The molecule has 0 fully saturated rings. The quantitative estimate of drug-likeness (QED) is 0.658. The molecule has 2 aromatic carbocycles. The number of nitrogens with one attached hydrogen (secondary N) is 1. The van der Waals surface area contributed by atoms with Crippen LogP contribution in [0.1, 0.15) is 28.6 Å². The molecule has 25 heavy (non-hydrogen) atoms. The number of hydrogen-bond acceptors (Lipinski definition) is 3. The van der Waals surface area contributed by atoms with E-state index in [2.05, 4.69) is 52.3 Å².